The summed E-state index contributed by atoms with van der Waals surface area (Å²) < 4.78 is 12.4. The summed E-state index contributed by atoms with van der Waals surface area (Å²) in [4.78, 5) is 17.4. The first kappa shape index (κ1) is 32.2. The number of hydrogen-bond acceptors (Lipinski definition) is 6. The molecule has 1 heterocycles. The Labute approximate surface area is 259 Å². The lowest BCUT2D eigenvalue weighted by atomic mass is 9.62. The van der Waals surface area contributed by atoms with Gasteiger partial charge in [0.15, 0.2) is 0 Å². The summed E-state index contributed by atoms with van der Waals surface area (Å²) in [7, 11) is 0. The van der Waals surface area contributed by atoms with E-state index in [9.17, 15) is 15.0 Å². The standard InChI is InChI=1S/C37H55NO5/c1-5-7-13-30-24-38-35(42-30)37(20-21-37)33(43-34(41)10-6-2)14-8-12-28-17-18-31-26(11-9-19-36(28,31)4)15-16-27-22-29(39)23-32(40)25(27)3/h15-16,24,28-29,31-33,39-40H,3,5-14,17-23H2,1-2,4H3/b26-15+,27-16-/t28?,29-,31?,32+,33?,36?/m1/s1. The van der Waals surface area contributed by atoms with Crippen LogP contribution in [0.3, 0.4) is 0 Å². The topological polar surface area (TPSA) is 92.8 Å². The van der Waals surface area contributed by atoms with E-state index in [1.807, 2.05) is 13.1 Å². The second-order valence-electron chi connectivity index (χ2n) is 14.3. The molecule has 4 fully saturated rings. The summed E-state index contributed by atoms with van der Waals surface area (Å²) in [6.45, 7) is 10.8. The van der Waals surface area contributed by atoms with Gasteiger partial charge in [-0.2, -0.15) is 0 Å². The van der Waals surface area contributed by atoms with Gasteiger partial charge in [0.05, 0.1) is 23.8 Å². The first-order valence-electron chi connectivity index (χ1n) is 17.3. The molecule has 0 aromatic carbocycles. The van der Waals surface area contributed by atoms with Gasteiger partial charge >= 0.3 is 5.97 Å². The summed E-state index contributed by atoms with van der Waals surface area (Å²) >= 11 is 0. The van der Waals surface area contributed by atoms with Gasteiger partial charge in [-0.15, -0.1) is 0 Å². The minimum absolute atomic E-state index is 0.0960. The van der Waals surface area contributed by atoms with Gasteiger partial charge in [-0.3, -0.25) is 4.79 Å². The van der Waals surface area contributed by atoms with E-state index in [0.717, 1.165) is 87.0 Å². The van der Waals surface area contributed by atoms with Gasteiger partial charge in [-0.1, -0.05) is 51.5 Å². The SMILES string of the molecule is C=C1/C(=C\C=C2/CCCC3(C)C(CCCC(OC(=O)CCC)C4(c5ncc(CCCC)o5)CC4)CCC23)C[C@@H](O)C[C@@H]1O. The Bertz CT molecular complexity index is 1190. The van der Waals surface area contributed by atoms with Crippen LogP contribution in [0.5, 0.6) is 0 Å². The van der Waals surface area contributed by atoms with Crippen LogP contribution in [0.1, 0.15) is 135 Å². The highest BCUT2D eigenvalue weighted by Crippen LogP contribution is 2.59. The third kappa shape index (κ3) is 7.06. The van der Waals surface area contributed by atoms with Crippen molar-refractivity contribution in [3.8, 4) is 0 Å². The Morgan fingerprint density at radius 1 is 1.19 bits per heavy atom. The first-order valence-corrected chi connectivity index (χ1v) is 17.3. The molecule has 0 saturated heterocycles. The molecule has 1 aromatic heterocycles. The molecule has 43 heavy (non-hydrogen) atoms. The van der Waals surface area contributed by atoms with Crippen molar-refractivity contribution in [1.82, 2.24) is 4.98 Å². The van der Waals surface area contributed by atoms with Crippen LogP contribution in [0.4, 0.5) is 0 Å². The quantitative estimate of drug-likeness (QED) is 0.225. The van der Waals surface area contributed by atoms with Gasteiger partial charge in [0.2, 0.25) is 5.89 Å². The molecule has 0 spiro atoms. The molecule has 0 aliphatic heterocycles. The number of rotatable bonds is 13. The Morgan fingerprint density at radius 3 is 2.74 bits per heavy atom. The fraction of sp³-hybridized carbons (Fsp3) is 0.730. The summed E-state index contributed by atoms with van der Waals surface area (Å²) in [5.74, 6) is 2.87. The Balaban J connectivity index is 1.24. The van der Waals surface area contributed by atoms with Crippen LogP contribution < -0.4 is 0 Å². The van der Waals surface area contributed by atoms with Gasteiger partial charge in [0.25, 0.3) is 0 Å². The maximum atomic E-state index is 12.7. The molecule has 1 aromatic rings. The highest BCUT2D eigenvalue weighted by molar-refractivity contribution is 5.69. The molecule has 2 N–H and O–H groups in total. The fourth-order valence-electron chi connectivity index (χ4n) is 8.52. The number of hydrogen-bond donors (Lipinski definition) is 2. The van der Waals surface area contributed by atoms with Crippen LogP contribution in [0, 0.1) is 17.3 Å². The second kappa shape index (κ2) is 13.9. The third-order valence-electron chi connectivity index (χ3n) is 11.3. The summed E-state index contributed by atoms with van der Waals surface area (Å²) in [6.07, 6.45) is 21.4. The normalized spacial score (nSPS) is 32.6. The molecule has 0 amide bonds. The van der Waals surface area contributed by atoms with Crippen molar-refractivity contribution >= 4 is 5.97 Å². The lowest BCUT2D eigenvalue weighted by Crippen LogP contribution is -2.34. The third-order valence-corrected chi connectivity index (χ3v) is 11.3. The average Bonchev–Trinajstić information content (AvgIpc) is 3.51. The monoisotopic (exact) mass is 593 g/mol. The number of carbonyl (C=O) groups excluding carboxylic acids is 1. The van der Waals surface area contributed by atoms with E-state index < -0.39 is 12.2 Å². The van der Waals surface area contributed by atoms with Crippen LogP contribution in [0.15, 0.2) is 46.1 Å². The maximum Gasteiger partial charge on any atom is 0.306 e. The van der Waals surface area contributed by atoms with Crippen molar-refractivity contribution in [2.45, 2.75) is 154 Å². The number of aromatic nitrogens is 1. The zero-order chi connectivity index (χ0) is 30.6. The summed E-state index contributed by atoms with van der Waals surface area (Å²) in [6, 6.07) is 0. The number of fused-ring (bicyclic) bond motifs is 1. The lowest BCUT2D eigenvalue weighted by molar-refractivity contribution is -0.151. The van der Waals surface area contributed by atoms with Gasteiger partial charge in [-0.05, 0) is 112 Å². The average molecular weight is 594 g/mol. The fourth-order valence-corrected chi connectivity index (χ4v) is 8.52. The molecule has 0 radical (unpaired) electrons. The van der Waals surface area contributed by atoms with Crippen molar-refractivity contribution < 1.29 is 24.2 Å². The molecular formula is C37H55NO5. The van der Waals surface area contributed by atoms with Crippen LogP contribution in [-0.4, -0.2) is 39.5 Å². The number of allylic oxidation sites excluding steroid dienone is 3. The Morgan fingerprint density at radius 2 is 2.00 bits per heavy atom. The van der Waals surface area contributed by atoms with Crippen molar-refractivity contribution in [3.05, 3.63) is 53.3 Å². The molecule has 5 rings (SSSR count). The van der Waals surface area contributed by atoms with Gasteiger partial charge in [0.1, 0.15) is 11.9 Å². The zero-order valence-corrected chi connectivity index (χ0v) is 26.9. The van der Waals surface area contributed by atoms with Crippen molar-refractivity contribution in [2.75, 3.05) is 0 Å². The van der Waals surface area contributed by atoms with E-state index in [1.165, 1.54) is 31.3 Å². The number of nitrogens with zero attached hydrogens (tertiary/aromatic N) is 1. The van der Waals surface area contributed by atoms with Crippen LogP contribution in [0.2, 0.25) is 0 Å². The van der Waals surface area contributed by atoms with Crippen LogP contribution in [0.25, 0.3) is 0 Å². The molecule has 0 bridgehead atoms. The number of carbonyl (C=O) groups is 1. The predicted molar refractivity (Wildman–Crippen MR) is 169 cm³/mol. The van der Waals surface area contributed by atoms with Gasteiger partial charge in [-0.25, -0.2) is 4.98 Å². The number of ether oxygens (including phenoxy) is 1. The van der Waals surface area contributed by atoms with Crippen molar-refractivity contribution in [1.29, 1.82) is 0 Å². The highest BCUT2D eigenvalue weighted by atomic mass is 16.5. The van der Waals surface area contributed by atoms with E-state index in [-0.39, 0.29) is 22.9 Å². The van der Waals surface area contributed by atoms with Crippen LogP contribution >= 0.6 is 0 Å². The number of unbranched alkanes of at least 4 members (excludes halogenated alkanes) is 1. The Hall–Kier alpha value is -2.18. The number of aliphatic hydroxyl groups is 2. The number of oxazole rings is 1. The lowest BCUT2D eigenvalue weighted by Gasteiger charge is -2.42. The first-order chi connectivity index (χ1) is 20.7. The van der Waals surface area contributed by atoms with Crippen LogP contribution in [-0.2, 0) is 21.4 Å². The minimum Gasteiger partial charge on any atom is -0.461 e. The van der Waals surface area contributed by atoms with Crippen molar-refractivity contribution in [3.63, 3.8) is 0 Å². The maximum absolute atomic E-state index is 12.7. The van der Waals surface area contributed by atoms with Gasteiger partial charge < -0.3 is 19.4 Å². The highest BCUT2D eigenvalue weighted by Gasteiger charge is 2.56. The molecule has 4 aliphatic carbocycles. The summed E-state index contributed by atoms with van der Waals surface area (Å²) in [5, 5.41) is 20.5. The number of aryl methyl sites for hydroxylation is 1. The molecule has 6 atom stereocenters. The van der Waals surface area contributed by atoms with Gasteiger partial charge in [0, 0.05) is 19.3 Å². The smallest absolute Gasteiger partial charge is 0.306 e. The molecule has 6 heteroatoms. The molecular weight excluding hydrogens is 538 g/mol. The molecule has 4 aliphatic rings. The van der Waals surface area contributed by atoms with E-state index in [1.54, 1.807) is 0 Å². The second-order valence-corrected chi connectivity index (χ2v) is 14.3. The van der Waals surface area contributed by atoms with E-state index in [0.29, 0.717) is 31.1 Å². The minimum atomic E-state index is -0.646. The number of aliphatic hydroxyl groups excluding tert-OH is 2. The molecule has 6 nitrogen and oxygen atoms in total. The van der Waals surface area contributed by atoms with E-state index in [4.69, 9.17) is 14.1 Å². The predicted octanol–water partition coefficient (Wildman–Crippen LogP) is 8.07. The zero-order valence-electron chi connectivity index (χ0n) is 26.9. The molecule has 4 saturated carbocycles. The number of esters is 1. The molecule has 4 unspecified atom stereocenters. The Kier molecular flexibility index (Phi) is 10.4. The van der Waals surface area contributed by atoms with E-state index >= 15 is 0 Å². The summed E-state index contributed by atoms with van der Waals surface area (Å²) in [5.41, 5.74) is 3.30. The van der Waals surface area contributed by atoms with Crippen molar-refractivity contribution in [2.24, 2.45) is 17.3 Å². The largest absolute Gasteiger partial charge is 0.461 e. The molecule has 238 valence electrons. The van der Waals surface area contributed by atoms with E-state index in [2.05, 4.69) is 32.6 Å².